The van der Waals surface area contributed by atoms with Crippen molar-refractivity contribution in [2.45, 2.75) is 5.41 Å². The minimum atomic E-state index is -0.525. The Morgan fingerprint density at radius 2 is 0.587 bits per heavy atom. The number of hydrogen-bond acceptors (Lipinski definition) is 2. The molecule has 12 aromatic carbocycles. The van der Waals surface area contributed by atoms with Crippen LogP contribution in [0.3, 0.4) is 0 Å². The number of aromatic nitrogens is 4. The molecule has 2 aliphatic rings. The number of para-hydroxylation sites is 4. The van der Waals surface area contributed by atoms with Crippen molar-refractivity contribution in [3.63, 3.8) is 0 Å². The molecule has 0 bridgehead atoms. The summed E-state index contributed by atoms with van der Waals surface area (Å²) in [6.07, 6.45) is 0. The molecule has 2 aliphatic carbocycles. The summed E-state index contributed by atoms with van der Waals surface area (Å²) in [7, 11) is 0. The van der Waals surface area contributed by atoms with Gasteiger partial charge in [-0.05, 0) is 104 Å². The Labute approximate surface area is 431 Å². The van der Waals surface area contributed by atoms with E-state index in [1.165, 1.54) is 66.1 Å². The first-order valence-electron chi connectivity index (χ1n) is 25.9. The van der Waals surface area contributed by atoms with Gasteiger partial charge in [0.25, 0.3) is 0 Å². The second kappa shape index (κ2) is 15.1. The van der Waals surface area contributed by atoms with Crippen LogP contribution in [0, 0.1) is 0 Å². The Hall–Kier alpha value is -9.90. The molecular formula is C71H42N4. The van der Waals surface area contributed by atoms with Crippen LogP contribution in [0.25, 0.3) is 132 Å². The van der Waals surface area contributed by atoms with E-state index in [-0.39, 0.29) is 0 Å². The third-order valence-corrected chi connectivity index (χ3v) is 16.7. The zero-order valence-corrected chi connectivity index (χ0v) is 40.5. The molecule has 0 amide bonds. The van der Waals surface area contributed by atoms with Crippen molar-refractivity contribution >= 4 is 76.2 Å². The standard InChI is InChI=1S/C71H42N4/c1-3-28-57-47(19-1)48-20-2-4-29-58(48)70-69(57)72-67(43-37-38-52-51-23-7-14-32-61(51)71(62(52)41-43)59-30-12-5-21-49(59)50-22-6-13-31-60(50)71)68(73-70)44-39-45(74-63-33-15-8-24-53(63)54-25-9-16-34-64(54)74)42-46(40-44)75-65-35-17-10-26-55(65)56-27-11-18-36-66(56)75/h1-42H. The van der Waals surface area contributed by atoms with Crippen molar-refractivity contribution in [1.29, 1.82) is 0 Å². The number of nitrogens with zero attached hydrogens (tertiary/aromatic N) is 4. The van der Waals surface area contributed by atoms with E-state index in [2.05, 4.69) is 264 Å². The van der Waals surface area contributed by atoms with Gasteiger partial charge in [-0.15, -0.1) is 0 Å². The van der Waals surface area contributed by atoms with Gasteiger partial charge in [0.1, 0.15) is 0 Å². The Morgan fingerprint density at radius 3 is 1.01 bits per heavy atom. The van der Waals surface area contributed by atoms with Gasteiger partial charge >= 0.3 is 0 Å². The van der Waals surface area contributed by atoms with Crippen molar-refractivity contribution in [1.82, 2.24) is 19.1 Å². The monoisotopic (exact) mass is 950 g/mol. The van der Waals surface area contributed by atoms with E-state index in [4.69, 9.17) is 9.97 Å². The molecule has 4 heteroatoms. The summed E-state index contributed by atoms with van der Waals surface area (Å²) >= 11 is 0. The van der Waals surface area contributed by atoms with Crippen LogP contribution in [-0.2, 0) is 5.41 Å². The number of benzene rings is 12. The van der Waals surface area contributed by atoms with Gasteiger partial charge in [-0.25, -0.2) is 9.97 Å². The van der Waals surface area contributed by atoms with Gasteiger partial charge in [-0.1, -0.05) is 206 Å². The Kier molecular flexibility index (Phi) is 8.18. The molecule has 3 heterocycles. The smallest absolute Gasteiger partial charge is 0.0979 e. The molecule has 17 rings (SSSR count). The maximum Gasteiger partial charge on any atom is 0.0979 e. The van der Waals surface area contributed by atoms with Crippen LogP contribution in [0.15, 0.2) is 255 Å². The Bertz CT molecular complexity index is 4670. The second-order valence-corrected chi connectivity index (χ2v) is 20.3. The molecular weight excluding hydrogens is 909 g/mol. The van der Waals surface area contributed by atoms with Gasteiger partial charge in [0.2, 0.25) is 0 Å². The van der Waals surface area contributed by atoms with Crippen molar-refractivity contribution in [2.24, 2.45) is 0 Å². The molecule has 4 nitrogen and oxygen atoms in total. The van der Waals surface area contributed by atoms with Crippen LogP contribution in [0.2, 0.25) is 0 Å². The topological polar surface area (TPSA) is 35.6 Å². The maximum absolute atomic E-state index is 6.01. The fourth-order valence-electron chi connectivity index (χ4n) is 13.7. The number of hydrogen-bond donors (Lipinski definition) is 0. The lowest BCUT2D eigenvalue weighted by Gasteiger charge is -2.30. The first-order chi connectivity index (χ1) is 37.2. The molecule has 0 saturated heterocycles. The van der Waals surface area contributed by atoms with E-state index in [9.17, 15) is 0 Å². The summed E-state index contributed by atoms with van der Waals surface area (Å²) < 4.78 is 4.88. The van der Waals surface area contributed by atoms with Crippen molar-refractivity contribution < 1.29 is 0 Å². The Morgan fingerprint density at radius 1 is 0.253 bits per heavy atom. The van der Waals surface area contributed by atoms with Gasteiger partial charge < -0.3 is 9.13 Å². The van der Waals surface area contributed by atoms with E-state index in [0.717, 1.165) is 88.5 Å². The Balaban J connectivity index is 1.02. The van der Waals surface area contributed by atoms with Crippen LogP contribution >= 0.6 is 0 Å². The molecule has 75 heavy (non-hydrogen) atoms. The van der Waals surface area contributed by atoms with Gasteiger partial charge in [0.05, 0.1) is 49.9 Å². The minimum Gasteiger partial charge on any atom is -0.309 e. The largest absolute Gasteiger partial charge is 0.309 e. The zero-order valence-electron chi connectivity index (χ0n) is 40.5. The molecule has 346 valence electrons. The highest BCUT2D eigenvalue weighted by Crippen LogP contribution is 2.63. The van der Waals surface area contributed by atoms with E-state index in [1.807, 2.05) is 0 Å². The predicted molar refractivity (Wildman–Crippen MR) is 310 cm³/mol. The molecule has 0 atom stereocenters. The van der Waals surface area contributed by atoms with Gasteiger partial charge in [0, 0.05) is 54.8 Å². The molecule has 0 radical (unpaired) electrons. The van der Waals surface area contributed by atoms with E-state index in [1.54, 1.807) is 0 Å². The SMILES string of the molecule is c1ccc2c(c1)-c1ccccc1C21c2ccccc2-c2ccc(-c3nc4c5ccccc5c5ccccc5c4nc3-c3cc(-n4c5ccccc5c5ccccc54)cc(-n4c5ccccc5c5ccccc54)c3)cc21. The normalized spacial score (nSPS) is 13.2. The molecule has 15 aromatic rings. The lowest BCUT2D eigenvalue weighted by Crippen LogP contribution is -2.25. The third-order valence-electron chi connectivity index (χ3n) is 16.7. The van der Waals surface area contributed by atoms with Gasteiger partial charge in [-0.3, -0.25) is 0 Å². The van der Waals surface area contributed by atoms with Gasteiger partial charge in [0.15, 0.2) is 0 Å². The number of fused-ring (bicyclic) bond motifs is 22. The maximum atomic E-state index is 6.01. The quantitative estimate of drug-likeness (QED) is 0.165. The minimum absolute atomic E-state index is 0.525. The summed E-state index contributed by atoms with van der Waals surface area (Å²) in [5.41, 5.74) is 21.8. The molecule has 0 fully saturated rings. The second-order valence-electron chi connectivity index (χ2n) is 20.3. The zero-order chi connectivity index (χ0) is 48.9. The predicted octanol–water partition coefficient (Wildman–Crippen LogP) is 17.8. The highest BCUT2D eigenvalue weighted by molar-refractivity contribution is 6.23. The summed E-state index contributed by atoms with van der Waals surface area (Å²) in [4.78, 5) is 12.0. The lowest BCUT2D eigenvalue weighted by molar-refractivity contribution is 0.794. The third kappa shape index (κ3) is 5.39. The van der Waals surface area contributed by atoms with Crippen molar-refractivity contribution in [3.05, 3.63) is 277 Å². The molecule has 0 unspecified atom stereocenters. The summed E-state index contributed by atoms with van der Waals surface area (Å²) in [6.45, 7) is 0. The molecule has 1 spiro atoms. The van der Waals surface area contributed by atoms with E-state index >= 15 is 0 Å². The lowest BCUT2D eigenvalue weighted by atomic mass is 9.70. The van der Waals surface area contributed by atoms with Crippen molar-refractivity contribution in [3.8, 4) is 56.1 Å². The molecule has 0 aliphatic heterocycles. The average molecular weight is 951 g/mol. The fourth-order valence-corrected chi connectivity index (χ4v) is 13.7. The summed E-state index contributed by atoms with van der Waals surface area (Å²) in [6, 6.07) is 93.9. The van der Waals surface area contributed by atoms with Crippen LogP contribution in [0.1, 0.15) is 22.3 Å². The number of rotatable bonds is 4. The molecule has 0 N–H and O–H groups in total. The first-order valence-corrected chi connectivity index (χ1v) is 25.9. The fraction of sp³-hybridized carbons (Fsp3) is 0.0141. The highest BCUT2D eigenvalue weighted by Gasteiger charge is 2.51. The van der Waals surface area contributed by atoms with Crippen LogP contribution in [0.5, 0.6) is 0 Å². The summed E-state index contributed by atoms with van der Waals surface area (Å²) in [5, 5.41) is 9.34. The van der Waals surface area contributed by atoms with Crippen LogP contribution < -0.4 is 0 Å². The van der Waals surface area contributed by atoms with Crippen molar-refractivity contribution in [2.75, 3.05) is 0 Å². The van der Waals surface area contributed by atoms with Gasteiger partial charge in [-0.2, -0.15) is 0 Å². The average Bonchev–Trinajstić information content (AvgIpc) is 4.34. The summed E-state index contributed by atoms with van der Waals surface area (Å²) in [5.74, 6) is 0. The molecule has 3 aromatic heterocycles. The van der Waals surface area contributed by atoms with E-state index < -0.39 is 5.41 Å². The molecule has 0 saturated carbocycles. The van der Waals surface area contributed by atoms with Crippen LogP contribution in [0.4, 0.5) is 0 Å². The first kappa shape index (κ1) is 40.7. The van der Waals surface area contributed by atoms with Crippen LogP contribution in [-0.4, -0.2) is 19.1 Å². The highest BCUT2D eigenvalue weighted by atomic mass is 15.0. The van der Waals surface area contributed by atoms with E-state index in [0.29, 0.717) is 0 Å².